The number of aliphatic imine (C=N–C) groups is 1. The zero-order valence-electron chi connectivity index (χ0n) is 15.9. The van der Waals surface area contributed by atoms with Crippen LogP contribution in [0.3, 0.4) is 0 Å². The summed E-state index contributed by atoms with van der Waals surface area (Å²) in [5, 5.41) is 6.72. The van der Waals surface area contributed by atoms with Crippen molar-refractivity contribution in [1.82, 2.24) is 15.5 Å². The summed E-state index contributed by atoms with van der Waals surface area (Å²) in [5.41, 5.74) is 1.34. The molecule has 0 spiro atoms. The van der Waals surface area contributed by atoms with Gasteiger partial charge in [0.1, 0.15) is 6.54 Å². The molecule has 1 amide bonds. The molecule has 0 aromatic heterocycles. The molecular formula is C19H33IN4O. The van der Waals surface area contributed by atoms with Crippen molar-refractivity contribution < 1.29 is 4.79 Å². The summed E-state index contributed by atoms with van der Waals surface area (Å²) in [6, 6.07) is 10.8. The number of halogens is 1. The average Bonchev–Trinajstić information content (AvgIpc) is 2.58. The summed E-state index contributed by atoms with van der Waals surface area (Å²) in [4.78, 5) is 17.7. The van der Waals surface area contributed by atoms with Gasteiger partial charge in [0.15, 0.2) is 5.96 Å². The number of nitrogens with one attached hydrogen (secondary N) is 2. The molecule has 0 saturated carbocycles. The molecule has 0 bridgehead atoms. The number of unbranched alkanes of at least 4 members (excludes halogenated alkanes) is 1. The van der Waals surface area contributed by atoms with E-state index in [1.165, 1.54) is 5.56 Å². The first-order valence-electron chi connectivity index (χ1n) is 8.81. The number of rotatable bonds is 9. The average molecular weight is 460 g/mol. The number of likely N-dealkylation sites (N-methyl/N-ethyl adjacent to an activating group) is 1. The van der Waals surface area contributed by atoms with E-state index in [4.69, 9.17) is 0 Å². The van der Waals surface area contributed by atoms with Crippen LogP contribution in [0.25, 0.3) is 0 Å². The van der Waals surface area contributed by atoms with Crippen molar-refractivity contribution in [2.45, 2.75) is 45.6 Å². The number of hydrogen-bond acceptors (Lipinski definition) is 2. The normalized spacial score (nSPS) is 12.1. The topological polar surface area (TPSA) is 56.7 Å². The maximum atomic E-state index is 11.7. The van der Waals surface area contributed by atoms with Gasteiger partial charge < -0.3 is 15.5 Å². The molecule has 0 aliphatic carbocycles. The quantitative estimate of drug-likeness (QED) is 0.258. The SMILES string of the molecule is CCCCNC(=NCC(=O)N(C)C)NC(C)CCc1ccccc1.I. The molecule has 0 radical (unpaired) electrons. The van der Waals surface area contributed by atoms with E-state index < -0.39 is 0 Å². The fraction of sp³-hybridized carbons (Fsp3) is 0.579. The molecule has 1 unspecified atom stereocenters. The van der Waals surface area contributed by atoms with E-state index in [-0.39, 0.29) is 42.5 Å². The molecule has 0 saturated heterocycles. The van der Waals surface area contributed by atoms with Gasteiger partial charge in [-0.25, -0.2) is 4.99 Å². The summed E-state index contributed by atoms with van der Waals surface area (Å²) < 4.78 is 0. The first-order valence-corrected chi connectivity index (χ1v) is 8.81. The molecule has 0 heterocycles. The lowest BCUT2D eigenvalue weighted by atomic mass is 10.1. The summed E-state index contributed by atoms with van der Waals surface area (Å²) in [6.07, 6.45) is 4.25. The minimum Gasteiger partial charge on any atom is -0.356 e. The van der Waals surface area contributed by atoms with Gasteiger partial charge in [-0.05, 0) is 31.7 Å². The van der Waals surface area contributed by atoms with Crippen molar-refractivity contribution >= 4 is 35.8 Å². The predicted molar refractivity (Wildman–Crippen MR) is 117 cm³/mol. The van der Waals surface area contributed by atoms with Gasteiger partial charge in [0.2, 0.25) is 5.91 Å². The third-order valence-electron chi connectivity index (χ3n) is 3.79. The van der Waals surface area contributed by atoms with Crippen molar-refractivity contribution in [3.63, 3.8) is 0 Å². The predicted octanol–water partition coefficient (Wildman–Crippen LogP) is 3.05. The molecule has 1 atom stereocenters. The standard InChI is InChI=1S/C19H32N4O.HI/c1-5-6-14-20-19(21-15-18(24)23(3)4)22-16(2)12-13-17-10-8-7-9-11-17;/h7-11,16H,5-6,12-15H2,1-4H3,(H2,20,21,22);1H. The Labute approximate surface area is 169 Å². The van der Waals surface area contributed by atoms with E-state index >= 15 is 0 Å². The Bertz CT molecular complexity index is 505. The van der Waals surface area contributed by atoms with Gasteiger partial charge in [-0.3, -0.25) is 4.79 Å². The zero-order chi connectivity index (χ0) is 17.8. The van der Waals surface area contributed by atoms with Gasteiger partial charge in [0, 0.05) is 26.7 Å². The molecule has 5 nitrogen and oxygen atoms in total. The van der Waals surface area contributed by atoms with E-state index in [1.54, 1.807) is 19.0 Å². The van der Waals surface area contributed by atoms with Gasteiger partial charge in [0.25, 0.3) is 0 Å². The van der Waals surface area contributed by atoms with Crippen molar-refractivity contribution in [3.8, 4) is 0 Å². The van der Waals surface area contributed by atoms with Crippen LogP contribution in [0.15, 0.2) is 35.3 Å². The molecule has 2 N–H and O–H groups in total. The van der Waals surface area contributed by atoms with E-state index in [1.807, 2.05) is 6.07 Å². The fourth-order valence-electron chi connectivity index (χ4n) is 2.16. The largest absolute Gasteiger partial charge is 0.356 e. The van der Waals surface area contributed by atoms with Gasteiger partial charge in [0.05, 0.1) is 0 Å². The first-order chi connectivity index (χ1) is 11.5. The Balaban J connectivity index is 0.00000576. The van der Waals surface area contributed by atoms with Crippen LogP contribution >= 0.6 is 24.0 Å². The Morgan fingerprint density at radius 2 is 1.92 bits per heavy atom. The Morgan fingerprint density at radius 3 is 2.52 bits per heavy atom. The number of guanidine groups is 1. The van der Waals surface area contributed by atoms with Crippen LogP contribution in [0.1, 0.15) is 38.7 Å². The van der Waals surface area contributed by atoms with Crippen LogP contribution in [-0.4, -0.2) is 50.0 Å². The van der Waals surface area contributed by atoms with E-state index in [0.717, 1.165) is 38.2 Å². The number of carbonyl (C=O) groups excluding carboxylic acids is 1. The number of hydrogen-bond donors (Lipinski definition) is 2. The molecule has 1 rings (SSSR count). The van der Waals surface area contributed by atoms with E-state index in [0.29, 0.717) is 0 Å². The van der Waals surface area contributed by atoms with Crippen LogP contribution < -0.4 is 10.6 Å². The summed E-state index contributed by atoms with van der Waals surface area (Å²) in [5.74, 6) is 0.725. The van der Waals surface area contributed by atoms with Gasteiger partial charge in [-0.1, -0.05) is 43.7 Å². The van der Waals surface area contributed by atoms with Crippen LogP contribution in [-0.2, 0) is 11.2 Å². The molecule has 0 fully saturated rings. The molecule has 1 aromatic rings. The minimum absolute atomic E-state index is 0. The lowest BCUT2D eigenvalue weighted by Gasteiger charge is -2.19. The number of aryl methyl sites for hydroxylation is 1. The molecule has 0 aliphatic rings. The minimum atomic E-state index is 0. The zero-order valence-corrected chi connectivity index (χ0v) is 18.2. The molecule has 25 heavy (non-hydrogen) atoms. The molecule has 1 aromatic carbocycles. The summed E-state index contributed by atoms with van der Waals surface area (Å²) >= 11 is 0. The second-order valence-corrected chi connectivity index (χ2v) is 6.30. The monoisotopic (exact) mass is 460 g/mol. The van der Waals surface area contributed by atoms with E-state index in [2.05, 4.69) is 53.7 Å². The first kappa shape index (κ1) is 23.7. The molecular weight excluding hydrogens is 427 g/mol. The van der Waals surface area contributed by atoms with Crippen molar-refractivity contribution in [2.75, 3.05) is 27.2 Å². The highest BCUT2D eigenvalue weighted by molar-refractivity contribution is 14.0. The Hall–Kier alpha value is -1.31. The van der Waals surface area contributed by atoms with Gasteiger partial charge in [-0.2, -0.15) is 0 Å². The van der Waals surface area contributed by atoms with Gasteiger partial charge >= 0.3 is 0 Å². The Kier molecular flexibility index (Phi) is 13.2. The summed E-state index contributed by atoms with van der Waals surface area (Å²) in [7, 11) is 3.50. The van der Waals surface area contributed by atoms with Crippen LogP contribution in [0, 0.1) is 0 Å². The lowest BCUT2D eigenvalue weighted by Crippen LogP contribution is -2.43. The second-order valence-electron chi connectivity index (χ2n) is 6.30. The van der Waals surface area contributed by atoms with Crippen LogP contribution in [0.5, 0.6) is 0 Å². The Morgan fingerprint density at radius 1 is 1.24 bits per heavy atom. The molecule has 0 aliphatic heterocycles. The third kappa shape index (κ3) is 11.0. The second kappa shape index (κ2) is 13.9. The van der Waals surface area contributed by atoms with Crippen LogP contribution in [0.2, 0.25) is 0 Å². The summed E-state index contributed by atoms with van der Waals surface area (Å²) in [6.45, 7) is 5.33. The van der Waals surface area contributed by atoms with E-state index in [9.17, 15) is 4.79 Å². The lowest BCUT2D eigenvalue weighted by molar-refractivity contribution is -0.127. The highest BCUT2D eigenvalue weighted by Crippen LogP contribution is 2.04. The smallest absolute Gasteiger partial charge is 0.243 e. The highest BCUT2D eigenvalue weighted by Gasteiger charge is 2.08. The van der Waals surface area contributed by atoms with Crippen molar-refractivity contribution in [2.24, 2.45) is 4.99 Å². The van der Waals surface area contributed by atoms with Crippen LogP contribution in [0.4, 0.5) is 0 Å². The van der Waals surface area contributed by atoms with Crippen molar-refractivity contribution in [1.29, 1.82) is 0 Å². The molecule has 6 heteroatoms. The number of benzene rings is 1. The maximum Gasteiger partial charge on any atom is 0.243 e. The number of amides is 1. The number of carbonyl (C=O) groups is 1. The molecule has 142 valence electrons. The maximum absolute atomic E-state index is 11.7. The number of nitrogens with zero attached hydrogens (tertiary/aromatic N) is 2. The van der Waals surface area contributed by atoms with Gasteiger partial charge in [-0.15, -0.1) is 24.0 Å². The van der Waals surface area contributed by atoms with Crippen molar-refractivity contribution in [3.05, 3.63) is 35.9 Å². The fourth-order valence-corrected chi connectivity index (χ4v) is 2.16. The highest BCUT2D eigenvalue weighted by atomic mass is 127. The third-order valence-corrected chi connectivity index (χ3v) is 3.79.